The first-order valence-electron chi connectivity index (χ1n) is 8.75. The van der Waals surface area contributed by atoms with Crippen LogP contribution < -0.4 is 10.6 Å². The molecule has 9 nitrogen and oxygen atoms in total. The summed E-state index contributed by atoms with van der Waals surface area (Å²) in [6.45, 7) is 3.63. The minimum atomic E-state index is -3.39. The predicted molar refractivity (Wildman–Crippen MR) is 111 cm³/mol. The highest BCUT2D eigenvalue weighted by atomic mass is 32.2. The summed E-state index contributed by atoms with van der Waals surface area (Å²) in [4.78, 5) is 14.6. The number of nitrogens with one attached hydrogen (secondary N) is 1. The number of H-pyrrole nitrogens is 1. The van der Waals surface area contributed by atoms with Crippen molar-refractivity contribution in [2.75, 3.05) is 16.9 Å². The van der Waals surface area contributed by atoms with Gasteiger partial charge >= 0.3 is 0 Å². The monoisotopic (exact) mass is 409 g/mol. The zero-order valence-corrected chi connectivity index (χ0v) is 16.9. The average Bonchev–Trinajstić information content (AvgIpc) is 3.01. The summed E-state index contributed by atoms with van der Waals surface area (Å²) in [6, 6.07) is 12.3. The Balaban J connectivity index is 1.96. The highest BCUT2D eigenvalue weighted by Crippen LogP contribution is 2.35. The van der Waals surface area contributed by atoms with Crippen LogP contribution in [0.3, 0.4) is 0 Å². The number of sulfone groups is 1. The normalized spacial score (nSPS) is 11.7. The third-order valence-electron chi connectivity index (χ3n) is 4.45. The van der Waals surface area contributed by atoms with Crippen molar-refractivity contribution in [2.24, 2.45) is 0 Å². The Hall–Kier alpha value is -3.53. The number of aryl methyl sites for hydroxylation is 2. The second kappa shape index (κ2) is 6.82. The van der Waals surface area contributed by atoms with Crippen LogP contribution in [0.4, 0.5) is 23.3 Å². The van der Waals surface area contributed by atoms with E-state index in [4.69, 9.17) is 5.73 Å². The van der Waals surface area contributed by atoms with Crippen molar-refractivity contribution in [3.63, 3.8) is 0 Å². The number of aromatic nitrogens is 5. The minimum absolute atomic E-state index is 0.0789. The smallest absolute Gasteiger partial charge is 0.239 e. The van der Waals surface area contributed by atoms with Crippen molar-refractivity contribution in [2.45, 2.75) is 18.7 Å². The van der Waals surface area contributed by atoms with Crippen LogP contribution in [-0.4, -0.2) is 39.8 Å². The fraction of sp³-hybridized carbons (Fsp3) is 0.158. The topological polar surface area (TPSA) is 131 Å². The highest BCUT2D eigenvalue weighted by molar-refractivity contribution is 7.90. The molecular formula is C19H19N7O2S. The van der Waals surface area contributed by atoms with Gasteiger partial charge in [-0.2, -0.15) is 20.1 Å². The van der Waals surface area contributed by atoms with Crippen LogP contribution in [0.1, 0.15) is 11.5 Å². The van der Waals surface area contributed by atoms with E-state index in [1.54, 1.807) is 36.1 Å². The zero-order valence-electron chi connectivity index (χ0n) is 16.1. The van der Waals surface area contributed by atoms with Crippen LogP contribution in [0.25, 0.3) is 10.9 Å². The lowest BCUT2D eigenvalue weighted by molar-refractivity contribution is 0.602. The number of benzene rings is 2. The quantitative estimate of drug-likeness (QED) is 0.526. The van der Waals surface area contributed by atoms with Crippen molar-refractivity contribution < 1.29 is 8.42 Å². The van der Waals surface area contributed by atoms with Crippen molar-refractivity contribution in [3.05, 3.63) is 54.0 Å². The summed E-state index contributed by atoms with van der Waals surface area (Å²) in [7, 11) is -3.39. The number of anilines is 4. The molecule has 4 aromatic rings. The molecule has 148 valence electrons. The fourth-order valence-corrected chi connectivity index (χ4v) is 3.77. The molecule has 0 bridgehead atoms. The lowest BCUT2D eigenvalue weighted by atomic mass is 10.1. The summed E-state index contributed by atoms with van der Waals surface area (Å²) in [5, 5.41) is 8.22. The second-order valence-electron chi connectivity index (χ2n) is 6.68. The minimum Gasteiger partial charge on any atom is -0.368 e. The van der Waals surface area contributed by atoms with Gasteiger partial charge in [-0.15, -0.1) is 0 Å². The second-order valence-corrected chi connectivity index (χ2v) is 8.70. The standard InChI is InChI=1S/C19H19N7O2S/c1-11-16-8-7-14(10-17(16)25-24-11)26(19-22-12(2)21-18(20)23-19)13-5-4-6-15(9-13)29(3,27)28/h4-10H,1-3H3,(H,24,25)(H2,20,21,22,23). The molecule has 10 heteroatoms. The van der Waals surface area contributed by atoms with E-state index in [-0.39, 0.29) is 16.8 Å². The van der Waals surface area contributed by atoms with E-state index in [2.05, 4.69) is 25.1 Å². The van der Waals surface area contributed by atoms with E-state index >= 15 is 0 Å². The molecule has 0 saturated heterocycles. The Morgan fingerprint density at radius 3 is 2.48 bits per heavy atom. The first kappa shape index (κ1) is 18.8. The Morgan fingerprint density at radius 2 is 1.76 bits per heavy atom. The molecule has 29 heavy (non-hydrogen) atoms. The molecule has 0 amide bonds. The molecule has 2 heterocycles. The van der Waals surface area contributed by atoms with Crippen molar-refractivity contribution >= 4 is 44.0 Å². The first-order valence-corrected chi connectivity index (χ1v) is 10.6. The number of hydrogen-bond donors (Lipinski definition) is 2. The third-order valence-corrected chi connectivity index (χ3v) is 5.56. The zero-order chi connectivity index (χ0) is 20.8. The summed E-state index contributed by atoms with van der Waals surface area (Å²) >= 11 is 0. The molecular weight excluding hydrogens is 390 g/mol. The maximum atomic E-state index is 12.1. The number of rotatable bonds is 4. The third kappa shape index (κ3) is 3.61. The van der Waals surface area contributed by atoms with Crippen LogP contribution in [0, 0.1) is 13.8 Å². The van der Waals surface area contributed by atoms with Crippen molar-refractivity contribution in [1.29, 1.82) is 0 Å². The van der Waals surface area contributed by atoms with E-state index in [0.29, 0.717) is 11.5 Å². The number of aromatic amines is 1. The maximum Gasteiger partial charge on any atom is 0.239 e. The molecule has 0 saturated carbocycles. The lowest BCUT2D eigenvalue weighted by Gasteiger charge is -2.23. The van der Waals surface area contributed by atoms with Gasteiger partial charge in [0, 0.05) is 11.6 Å². The first-order chi connectivity index (χ1) is 13.7. The van der Waals surface area contributed by atoms with E-state index in [1.807, 2.05) is 25.1 Å². The highest BCUT2D eigenvalue weighted by Gasteiger charge is 2.19. The van der Waals surface area contributed by atoms with Gasteiger partial charge in [-0.1, -0.05) is 6.07 Å². The van der Waals surface area contributed by atoms with Gasteiger partial charge in [-0.3, -0.25) is 10.00 Å². The molecule has 2 aromatic heterocycles. The van der Waals surface area contributed by atoms with Gasteiger partial charge in [0.1, 0.15) is 5.82 Å². The molecule has 3 N–H and O–H groups in total. The van der Waals surface area contributed by atoms with Crippen LogP contribution in [0.5, 0.6) is 0 Å². The van der Waals surface area contributed by atoms with E-state index in [0.717, 1.165) is 22.3 Å². The average molecular weight is 409 g/mol. The van der Waals surface area contributed by atoms with Crippen LogP contribution in [0.15, 0.2) is 47.4 Å². The van der Waals surface area contributed by atoms with Gasteiger partial charge in [-0.25, -0.2) is 8.42 Å². The van der Waals surface area contributed by atoms with Gasteiger partial charge in [0.05, 0.1) is 27.5 Å². The molecule has 0 aliphatic carbocycles. The maximum absolute atomic E-state index is 12.1. The number of nitrogen functional groups attached to an aromatic ring is 1. The molecule has 0 fully saturated rings. The fourth-order valence-electron chi connectivity index (χ4n) is 3.10. The molecule has 4 rings (SSSR count). The van der Waals surface area contributed by atoms with Crippen LogP contribution >= 0.6 is 0 Å². The van der Waals surface area contributed by atoms with Crippen LogP contribution in [0.2, 0.25) is 0 Å². The van der Waals surface area contributed by atoms with Crippen LogP contribution in [-0.2, 0) is 9.84 Å². The Kier molecular flexibility index (Phi) is 4.42. The summed E-state index contributed by atoms with van der Waals surface area (Å²) in [6.07, 6.45) is 1.17. The Labute approximate surface area is 167 Å². The van der Waals surface area contributed by atoms with Gasteiger partial charge in [0.25, 0.3) is 0 Å². The van der Waals surface area contributed by atoms with Gasteiger partial charge in [0.15, 0.2) is 9.84 Å². The van der Waals surface area contributed by atoms with Crippen molar-refractivity contribution in [1.82, 2.24) is 25.1 Å². The van der Waals surface area contributed by atoms with E-state index in [9.17, 15) is 8.42 Å². The number of hydrogen-bond acceptors (Lipinski definition) is 8. The largest absolute Gasteiger partial charge is 0.368 e. The molecule has 0 aliphatic rings. The number of fused-ring (bicyclic) bond motifs is 1. The molecule has 0 radical (unpaired) electrons. The summed E-state index contributed by atoms with van der Waals surface area (Å²) in [5.41, 5.74) is 8.86. The number of nitrogens with zero attached hydrogens (tertiary/aromatic N) is 5. The SMILES string of the molecule is Cc1nc(N)nc(N(c2cccc(S(C)(=O)=O)c2)c2ccc3c(C)n[nH]c3c2)n1. The summed E-state index contributed by atoms with van der Waals surface area (Å²) < 4.78 is 24.1. The Bertz CT molecular complexity index is 1310. The predicted octanol–water partition coefficient (Wildman–Crippen LogP) is 2.82. The van der Waals surface area contributed by atoms with Gasteiger partial charge in [0.2, 0.25) is 11.9 Å². The van der Waals surface area contributed by atoms with Gasteiger partial charge < -0.3 is 5.73 Å². The van der Waals surface area contributed by atoms with Crippen molar-refractivity contribution in [3.8, 4) is 0 Å². The molecule has 0 aliphatic heterocycles. The molecule has 0 unspecified atom stereocenters. The molecule has 2 aromatic carbocycles. The summed E-state index contributed by atoms with van der Waals surface area (Å²) in [5.74, 6) is 0.821. The molecule has 0 spiro atoms. The molecule has 0 atom stereocenters. The number of nitrogens with two attached hydrogens (primary N) is 1. The van der Waals surface area contributed by atoms with Gasteiger partial charge in [-0.05, 0) is 50.2 Å². The Morgan fingerprint density at radius 1 is 1.00 bits per heavy atom. The van der Waals surface area contributed by atoms with E-state index in [1.165, 1.54) is 6.26 Å². The lowest BCUT2D eigenvalue weighted by Crippen LogP contribution is -2.16. The van der Waals surface area contributed by atoms with E-state index < -0.39 is 9.84 Å².